The van der Waals surface area contributed by atoms with Crippen LogP contribution in [0.1, 0.15) is 57.6 Å². The Morgan fingerprint density at radius 1 is 1.02 bits per heavy atom. The highest BCUT2D eigenvalue weighted by molar-refractivity contribution is 7.22. The zero-order valence-electron chi connectivity index (χ0n) is 29.5. The summed E-state index contributed by atoms with van der Waals surface area (Å²) in [5.41, 5.74) is 0.874. The van der Waals surface area contributed by atoms with Gasteiger partial charge >= 0.3 is 0 Å². The van der Waals surface area contributed by atoms with Crippen molar-refractivity contribution in [1.29, 1.82) is 0 Å². The molecular weight excluding hydrogens is 688 g/mol. The smallest absolute Gasteiger partial charge is 0.242 e. The maximum absolute atomic E-state index is 15.0. The van der Waals surface area contributed by atoms with E-state index in [-0.39, 0.29) is 29.9 Å². The number of amides is 4. The number of halogens is 1. The van der Waals surface area contributed by atoms with E-state index in [0.717, 1.165) is 26.1 Å². The van der Waals surface area contributed by atoms with Gasteiger partial charge in [-0.1, -0.05) is 29.3 Å². The molecule has 0 spiro atoms. The molecule has 4 aliphatic rings. The molecule has 4 amide bonds. The highest BCUT2D eigenvalue weighted by atomic mass is 35.5. The number of hydrogen-bond acceptors (Lipinski definition) is 8. The Bertz CT molecular complexity index is 2250. The average molecular weight is 727 g/mol. The molecule has 0 bridgehead atoms. The second-order valence-electron chi connectivity index (χ2n) is 15.5. The van der Waals surface area contributed by atoms with E-state index < -0.39 is 46.5 Å². The molecule has 51 heavy (non-hydrogen) atoms. The number of thiophene rings is 1. The summed E-state index contributed by atoms with van der Waals surface area (Å²) in [6.07, 6.45) is 2.53. The Balaban J connectivity index is 1.26. The summed E-state index contributed by atoms with van der Waals surface area (Å²) in [5, 5.41) is 17.9. The molecule has 10 nitrogen and oxygen atoms in total. The van der Waals surface area contributed by atoms with E-state index in [0.29, 0.717) is 34.3 Å². The van der Waals surface area contributed by atoms with Crippen molar-refractivity contribution in [3.8, 4) is 22.1 Å². The summed E-state index contributed by atoms with van der Waals surface area (Å²) < 4.78 is 7.98. The number of allylic oxidation sites excluding steroid dienone is 2. The summed E-state index contributed by atoms with van der Waals surface area (Å²) >= 11 is 7.87. The highest BCUT2D eigenvalue weighted by Gasteiger charge is 2.68. The summed E-state index contributed by atoms with van der Waals surface area (Å²) in [5.74, 6) is -3.84. The van der Waals surface area contributed by atoms with Gasteiger partial charge in [-0.25, -0.2) is 4.90 Å². The van der Waals surface area contributed by atoms with Crippen LogP contribution in [0.2, 0.25) is 5.02 Å². The Kier molecular flexibility index (Phi) is 7.43. The second kappa shape index (κ2) is 11.3. The number of imide groups is 2. The maximum Gasteiger partial charge on any atom is 0.242 e. The number of nitrogens with zero attached hydrogens (tertiary/aromatic N) is 4. The molecule has 1 saturated carbocycles. The molecule has 12 heteroatoms. The van der Waals surface area contributed by atoms with Gasteiger partial charge in [-0.05, 0) is 88.6 Å². The predicted molar refractivity (Wildman–Crippen MR) is 195 cm³/mol. The molecule has 2 saturated heterocycles. The summed E-state index contributed by atoms with van der Waals surface area (Å²) in [6, 6.07) is 12.5. The first kappa shape index (κ1) is 33.7. The van der Waals surface area contributed by atoms with Gasteiger partial charge < -0.3 is 9.84 Å². The first-order valence-corrected chi connectivity index (χ1v) is 18.3. The maximum atomic E-state index is 15.0. The zero-order chi connectivity index (χ0) is 36.5. The predicted octanol–water partition coefficient (Wildman–Crippen LogP) is 7.01. The third-order valence-corrected chi connectivity index (χ3v) is 13.2. The molecule has 264 valence electrons. The van der Waals surface area contributed by atoms with Gasteiger partial charge in [0.15, 0.2) is 0 Å². The van der Waals surface area contributed by atoms with Gasteiger partial charge in [-0.2, -0.15) is 5.10 Å². The molecular formula is C39H39ClN4O6S. The van der Waals surface area contributed by atoms with E-state index in [2.05, 4.69) is 0 Å². The lowest BCUT2D eigenvalue weighted by molar-refractivity contribution is -0.145. The molecule has 0 radical (unpaired) electrons. The number of phenolic OH excluding ortho intramolecular Hbond substituents is 1. The number of fused-ring (bicyclic) bond motifs is 5. The highest BCUT2D eigenvalue weighted by Crippen LogP contribution is 2.64. The lowest BCUT2D eigenvalue weighted by atomic mass is 9.51. The molecule has 2 aromatic heterocycles. The standard InChI is InChI=1S/C39H39ClN4O6S/c1-18-24-14-19(40)8-13-29(24)51-33(18)27-17-30(42(6)41-27)43-35(47)26-16-25-21(11-12-23-31(25)36(48)44(34(23)46)38(2,3)4)32(39(26,5)37(43)49)22-10-9-20(50-7)15-28(22)45/h8-11,13-15,17,23,25-26,31-32,45H,12,16H2,1-7H3. The van der Waals surface area contributed by atoms with Crippen LogP contribution in [0.5, 0.6) is 11.5 Å². The van der Waals surface area contributed by atoms with E-state index in [9.17, 15) is 19.5 Å². The van der Waals surface area contributed by atoms with Crippen LogP contribution in [0, 0.1) is 36.0 Å². The number of aryl methyl sites for hydroxylation is 2. The van der Waals surface area contributed by atoms with Gasteiger partial charge in [0.05, 0.1) is 35.2 Å². The average Bonchev–Trinajstić information content (AvgIpc) is 3.74. The van der Waals surface area contributed by atoms with Crippen LogP contribution in [-0.4, -0.2) is 56.1 Å². The Hall–Kier alpha value is -4.48. The van der Waals surface area contributed by atoms with E-state index >= 15 is 4.79 Å². The fraction of sp³-hybridized carbons (Fsp3) is 0.410. The summed E-state index contributed by atoms with van der Waals surface area (Å²) in [6.45, 7) is 9.35. The normalized spacial score (nSPS) is 27.6. The largest absolute Gasteiger partial charge is 0.508 e. The first-order valence-electron chi connectivity index (χ1n) is 17.1. The number of anilines is 1. The minimum atomic E-state index is -1.32. The Morgan fingerprint density at radius 3 is 2.45 bits per heavy atom. The van der Waals surface area contributed by atoms with E-state index in [1.165, 1.54) is 23.0 Å². The minimum absolute atomic E-state index is 0.0741. The van der Waals surface area contributed by atoms with Crippen LogP contribution < -0.4 is 9.64 Å². The molecule has 3 fully saturated rings. The number of aromatic hydroxyl groups is 1. The topological polar surface area (TPSA) is 122 Å². The fourth-order valence-corrected chi connectivity index (χ4v) is 10.7. The van der Waals surface area contributed by atoms with Crippen molar-refractivity contribution in [1.82, 2.24) is 14.7 Å². The lowest BCUT2D eigenvalue weighted by Crippen LogP contribution is -2.49. The number of aromatic nitrogens is 2. The van der Waals surface area contributed by atoms with E-state index in [4.69, 9.17) is 21.4 Å². The van der Waals surface area contributed by atoms with Crippen molar-refractivity contribution in [3.63, 3.8) is 0 Å². The van der Waals surface area contributed by atoms with Crippen LogP contribution in [-0.2, 0) is 26.2 Å². The molecule has 4 aromatic rings. The van der Waals surface area contributed by atoms with E-state index in [1.807, 2.05) is 52.0 Å². The van der Waals surface area contributed by atoms with Gasteiger partial charge in [0.2, 0.25) is 23.6 Å². The van der Waals surface area contributed by atoms with Gasteiger partial charge in [0, 0.05) is 45.9 Å². The van der Waals surface area contributed by atoms with Crippen LogP contribution >= 0.6 is 22.9 Å². The third-order valence-electron chi connectivity index (χ3n) is 11.7. The van der Waals surface area contributed by atoms with Crippen molar-refractivity contribution in [3.05, 3.63) is 70.3 Å². The number of hydrogen-bond donors (Lipinski definition) is 1. The zero-order valence-corrected chi connectivity index (χ0v) is 31.1. The van der Waals surface area contributed by atoms with Crippen molar-refractivity contribution in [2.75, 3.05) is 12.0 Å². The number of rotatable bonds is 4. The Labute approximate surface area is 304 Å². The quantitative estimate of drug-likeness (QED) is 0.177. The number of phenols is 1. The SMILES string of the molecule is COc1ccc(C2C3=CCC4C(=O)N(C(C)(C)C)C(=O)C4C3CC3C(=O)N(c4cc(-c5sc6ccc(Cl)cc6c5C)nn4C)C(=O)C32C)c(O)c1. The van der Waals surface area contributed by atoms with Crippen LogP contribution in [0.25, 0.3) is 20.7 Å². The number of benzene rings is 2. The minimum Gasteiger partial charge on any atom is -0.508 e. The summed E-state index contributed by atoms with van der Waals surface area (Å²) in [4.78, 5) is 61.2. The lowest BCUT2D eigenvalue weighted by Gasteiger charge is -2.49. The Morgan fingerprint density at radius 2 is 1.76 bits per heavy atom. The number of carbonyl (C=O) groups excluding carboxylic acids is 4. The molecule has 2 aromatic carbocycles. The third kappa shape index (κ3) is 4.63. The van der Waals surface area contributed by atoms with Gasteiger partial charge in [-0.3, -0.25) is 28.8 Å². The molecule has 1 N–H and O–H groups in total. The van der Waals surface area contributed by atoms with Crippen molar-refractivity contribution in [2.24, 2.45) is 36.1 Å². The monoisotopic (exact) mass is 726 g/mol. The van der Waals surface area contributed by atoms with Gasteiger partial charge in [0.1, 0.15) is 23.0 Å². The van der Waals surface area contributed by atoms with Crippen molar-refractivity contribution in [2.45, 2.75) is 58.9 Å². The number of methoxy groups -OCH3 is 1. The van der Waals surface area contributed by atoms with Crippen LogP contribution in [0.4, 0.5) is 5.82 Å². The molecule has 8 rings (SSSR count). The van der Waals surface area contributed by atoms with Crippen LogP contribution in [0.3, 0.4) is 0 Å². The summed E-state index contributed by atoms with van der Waals surface area (Å²) in [7, 11) is 3.22. The molecule has 6 unspecified atom stereocenters. The van der Waals surface area contributed by atoms with E-state index in [1.54, 1.807) is 48.2 Å². The molecule has 4 heterocycles. The second-order valence-corrected chi connectivity index (χ2v) is 17.0. The van der Waals surface area contributed by atoms with Crippen LogP contribution in [0.15, 0.2) is 54.1 Å². The van der Waals surface area contributed by atoms with Crippen molar-refractivity contribution < 1.29 is 29.0 Å². The van der Waals surface area contributed by atoms with Gasteiger partial charge in [-0.15, -0.1) is 11.3 Å². The fourth-order valence-electron chi connectivity index (χ4n) is 9.35. The number of ether oxygens (including phenoxy) is 1. The number of carbonyl (C=O) groups is 4. The molecule has 6 atom stereocenters. The van der Waals surface area contributed by atoms with Gasteiger partial charge in [0.25, 0.3) is 0 Å². The number of likely N-dealkylation sites (tertiary alicyclic amines) is 1. The molecule has 2 aliphatic carbocycles. The van der Waals surface area contributed by atoms with Crippen molar-refractivity contribution >= 4 is 62.5 Å². The first-order chi connectivity index (χ1) is 24.1. The molecule has 2 aliphatic heterocycles.